The third-order valence-electron chi connectivity index (χ3n) is 5.34. The first-order chi connectivity index (χ1) is 13.2. The zero-order valence-electron chi connectivity index (χ0n) is 15.6. The Hall–Kier alpha value is -2.85. The van der Waals surface area contributed by atoms with Gasteiger partial charge in [0.1, 0.15) is 0 Å². The van der Waals surface area contributed by atoms with E-state index in [-0.39, 0.29) is 11.9 Å². The number of benzene rings is 2. The lowest BCUT2D eigenvalue weighted by Crippen LogP contribution is -2.41. The van der Waals surface area contributed by atoms with Crippen LogP contribution in [0, 0.1) is 0 Å². The molecule has 0 saturated heterocycles. The van der Waals surface area contributed by atoms with Crippen LogP contribution in [0.2, 0.25) is 0 Å². The summed E-state index contributed by atoms with van der Waals surface area (Å²) >= 11 is 0. The van der Waals surface area contributed by atoms with E-state index in [1.165, 1.54) is 11.3 Å². The van der Waals surface area contributed by atoms with Crippen molar-refractivity contribution in [1.29, 1.82) is 0 Å². The number of nitrogens with zero attached hydrogens (tertiary/aromatic N) is 2. The van der Waals surface area contributed by atoms with Gasteiger partial charge in [-0.3, -0.25) is 9.69 Å². The van der Waals surface area contributed by atoms with Gasteiger partial charge in [-0.05, 0) is 42.7 Å². The van der Waals surface area contributed by atoms with Crippen molar-refractivity contribution in [1.82, 2.24) is 9.47 Å². The fourth-order valence-corrected chi connectivity index (χ4v) is 3.83. The maximum atomic E-state index is 12.7. The van der Waals surface area contributed by atoms with Gasteiger partial charge in [-0.1, -0.05) is 48.5 Å². The van der Waals surface area contributed by atoms with Gasteiger partial charge in [0.25, 0.3) is 0 Å². The highest BCUT2D eigenvalue weighted by atomic mass is 16.2. The number of fused-ring (bicyclic) bond motifs is 1. The van der Waals surface area contributed by atoms with Crippen LogP contribution in [0.1, 0.15) is 29.8 Å². The molecule has 0 aliphatic carbocycles. The van der Waals surface area contributed by atoms with Crippen LogP contribution in [0.4, 0.5) is 5.69 Å². The van der Waals surface area contributed by atoms with Gasteiger partial charge in [0.2, 0.25) is 5.91 Å². The molecule has 4 rings (SSSR count). The number of anilines is 1. The van der Waals surface area contributed by atoms with Gasteiger partial charge >= 0.3 is 0 Å². The van der Waals surface area contributed by atoms with Crippen LogP contribution in [-0.2, 0) is 17.8 Å². The normalized spacial score (nSPS) is 16.7. The maximum Gasteiger partial charge on any atom is 0.238 e. The summed E-state index contributed by atoms with van der Waals surface area (Å²) in [7, 11) is 0. The van der Waals surface area contributed by atoms with E-state index < -0.39 is 0 Å². The minimum atomic E-state index is 0.0439. The molecule has 4 heteroatoms. The van der Waals surface area contributed by atoms with Gasteiger partial charge in [-0.25, -0.2) is 0 Å². The van der Waals surface area contributed by atoms with E-state index in [4.69, 9.17) is 0 Å². The molecule has 1 aliphatic rings. The number of para-hydroxylation sites is 1. The molecular formula is C23H25N3O. The fraction of sp³-hybridized carbons (Fsp3) is 0.261. The Kier molecular flexibility index (Phi) is 5.07. The van der Waals surface area contributed by atoms with E-state index in [0.717, 1.165) is 30.8 Å². The summed E-state index contributed by atoms with van der Waals surface area (Å²) in [5, 5.41) is 3.13. The van der Waals surface area contributed by atoms with Crippen LogP contribution in [0.15, 0.2) is 72.9 Å². The molecule has 2 aromatic carbocycles. The highest BCUT2D eigenvalue weighted by Gasteiger charge is 2.25. The summed E-state index contributed by atoms with van der Waals surface area (Å²) in [4.78, 5) is 15.0. The Morgan fingerprint density at radius 2 is 1.78 bits per heavy atom. The highest BCUT2D eigenvalue weighted by molar-refractivity contribution is 5.93. The van der Waals surface area contributed by atoms with E-state index in [9.17, 15) is 4.79 Å². The number of nitrogens with one attached hydrogen (secondary N) is 1. The number of rotatable bonds is 5. The molecule has 0 radical (unpaired) electrons. The quantitative estimate of drug-likeness (QED) is 0.745. The van der Waals surface area contributed by atoms with Crippen LogP contribution in [0.25, 0.3) is 0 Å². The predicted molar refractivity (Wildman–Crippen MR) is 109 cm³/mol. The summed E-state index contributed by atoms with van der Waals surface area (Å²) in [6.45, 7) is 4.40. The molecular weight excluding hydrogens is 334 g/mol. The number of amides is 1. The molecule has 4 nitrogen and oxygen atoms in total. The van der Waals surface area contributed by atoms with Crippen molar-refractivity contribution in [3.05, 3.63) is 89.7 Å². The molecule has 1 aromatic heterocycles. The lowest BCUT2D eigenvalue weighted by Gasteiger charge is -2.34. The molecule has 2 heterocycles. The largest absolute Gasteiger partial charge is 0.349 e. The van der Waals surface area contributed by atoms with Gasteiger partial charge in [0.15, 0.2) is 0 Å². The first-order valence-electron chi connectivity index (χ1n) is 9.51. The van der Waals surface area contributed by atoms with E-state index in [1.54, 1.807) is 0 Å². The minimum absolute atomic E-state index is 0.0439. The lowest BCUT2D eigenvalue weighted by atomic mass is 10.0. The smallest absolute Gasteiger partial charge is 0.238 e. The zero-order valence-corrected chi connectivity index (χ0v) is 15.6. The maximum absolute atomic E-state index is 12.7. The molecule has 0 fully saturated rings. The molecule has 1 amide bonds. The standard InChI is InChI=1S/C23H25N3O/c1-18-22-12-7-13-25(22)14-15-26(18)17-23(27)24-21-11-6-5-10-20(21)16-19-8-3-2-4-9-19/h2-13,18H,14-17H2,1H3,(H,24,27). The number of aromatic nitrogens is 1. The first-order valence-corrected chi connectivity index (χ1v) is 9.51. The van der Waals surface area contributed by atoms with Crippen LogP contribution in [0.5, 0.6) is 0 Å². The summed E-state index contributed by atoms with van der Waals surface area (Å²) in [5.74, 6) is 0.0439. The Morgan fingerprint density at radius 1 is 1.00 bits per heavy atom. The van der Waals surface area contributed by atoms with Crippen molar-refractivity contribution in [2.45, 2.75) is 25.9 Å². The molecule has 1 unspecified atom stereocenters. The summed E-state index contributed by atoms with van der Waals surface area (Å²) < 4.78 is 2.27. The average Bonchev–Trinajstić information content (AvgIpc) is 3.16. The van der Waals surface area contributed by atoms with Crippen LogP contribution < -0.4 is 5.32 Å². The number of hydrogen-bond donors (Lipinski definition) is 1. The van der Waals surface area contributed by atoms with Gasteiger partial charge in [0.05, 0.1) is 6.54 Å². The predicted octanol–water partition coefficient (Wildman–Crippen LogP) is 4.09. The molecule has 1 N–H and O–H groups in total. The Balaban J connectivity index is 1.43. The second kappa shape index (κ2) is 7.80. The van der Waals surface area contributed by atoms with Gasteiger partial charge < -0.3 is 9.88 Å². The number of carbonyl (C=O) groups is 1. The summed E-state index contributed by atoms with van der Waals surface area (Å²) in [6, 6.07) is 22.9. The second-order valence-corrected chi connectivity index (χ2v) is 7.14. The van der Waals surface area contributed by atoms with Crippen molar-refractivity contribution in [3.8, 4) is 0 Å². The topological polar surface area (TPSA) is 37.3 Å². The van der Waals surface area contributed by atoms with Gasteiger partial charge in [-0.15, -0.1) is 0 Å². The van der Waals surface area contributed by atoms with E-state index >= 15 is 0 Å². The fourth-order valence-electron chi connectivity index (χ4n) is 3.83. The van der Waals surface area contributed by atoms with Crippen LogP contribution in [0.3, 0.4) is 0 Å². The monoisotopic (exact) mass is 359 g/mol. The van der Waals surface area contributed by atoms with Crippen LogP contribution in [-0.4, -0.2) is 28.5 Å². The highest BCUT2D eigenvalue weighted by Crippen LogP contribution is 2.25. The van der Waals surface area contributed by atoms with Gasteiger partial charge in [-0.2, -0.15) is 0 Å². The molecule has 1 aliphatic heterocycles. The third kappa shape index (κ3) is 3.96. The van der Waals surface area contributed by atoms with Crippen molar-refractivity contribution in [2.24, 2.45) is 0 Å². The van der Waals surface area contributed by atoms with Crippen molar-refractivity contribution in [2.75, 3.05) is 18.4 Å². The van der Waals surface area contributed by atoms with E-state index in [2.05, 4.69) is 58.2 Å². The molecule has 0 bridgehead atoms. The second-order valence-electron chi connectivity index (χ2n) is 7.14. The SMILES string of the molecule is CC1c2cccn2CCN1CC(=O)Nc1ccccc1Cc1ccccc1. The lowest BCUT2D eigenvalue weighted by molar-refractivity contribution is -0.118. The summed E-state index contributed by atoms with van der Waals surface area (Å²) in [5.41, 5.74) is 4.56. The molecule has 0 spiro atoms. The Labute approximate surface area is 160 Å². The number of carbonyl (C=O) groups excluding carboxylic acids is 1. The molecule has 0 saturated carbocycles. The number of hydrogen-bond acceptors (Lipinski definition) is 2. The van der Waals surface area contributed by atoms with E-state index in [1.807, 2.05) is 36.4 Å². The third-order valence-corrected chi connectivity index (χ3v) is 5.34. The first kappa shape index (κ1) is 17.6. The van der Waals surface area contributed by atoms with Gasteiger partial charge in [0, 0.05) is 36.7 Å². The molecule has 27 heavy (non-hydrogen) atoms. The molecule has 1 atom stereocenters. The van der Waals surface area contributed by atoms with Crippen molar-refractivity contribution >= 4 is 11.6 Å². The molecule has 138 valence electrons. The van der Waals surface area contributed by atoms with Crippen molar-refractivity contribution < 1.29 is 4.79 Å². The minimum Gasteiger partial charge on any atom is -0.349 e. The van der Waals surface area contributed by atoms with E-state index in [0.29, 0.717) is 6.54 Å². The Morgan fingerprint density at radius 3 is 2.63 bits per heavy atom. The van der Waals surface area contributed by atoms with Crippen LogP contribution >= 0.6 is 0 Å². The Bertz CT molecular complexity index is 916. The zero-order chi connectivity index (χ0) is 18.6. The van der Waals surface area contributed by atoms with Crippen molar-refractivity contribution in [3.63, 3.8) is 0 Å². The summed E-state index contributed by atoms with van der Waals surface area (Å²) in [6.07, 6.45) is 2.92. The average molecular weight is 359 g/mol. The molecule has 3 aromatic rings.